The average molecular weight is 406 g/mol. The highest BCUT2D eigenvalue weighted by Crippen LogP contribution is 2.32. The second-order valence-corrected chi connectivity index (χ2v) is 7.32. The Morgan fingerprint density at radius 2 is 1.80 bits per heavy atom. The number of ether oxygens (including phenoxy) is 2. The van der Waals surface area contributed by atoms with Gasteiger partial charge in [0.2, 0.25) is 5.91 Å². The van der Waals surface area contributed by atoms with Gasteiger partial charge in [-0.1, -0.05) is 36.4 Å². The summed E-state index contributed by atoms with van der Waals surface area (Å²) >= 11 is 0. The van der Waals surface area contributed by atoms with Gasteiger partial charge in [0.15, 0.2) is 11.5 Å². The van der Waals surface area contributed by atoms with Crippen LogP contribution in [0, 0.1) is 0 Å². The molecule has 0 bridgehead atoms. The van der Waals surface area contributed by atoms with Crippen molar-refractivity contribution in [3.8, 4) is 11.5 Å². The van der Waals surface area contributed by atoms with Crippen molar-refractivity contribution in [3.63, 3.8) is 0 Å². The largest absolute Gasteiger partial charge is 0.486 e. The summed E-state index contributed by atoms with van der Waals surface area (Å²) in [7, 11) is 0. The number of rotatable bonds is 8. The highest BCUT2D eigenvalue weighted by atomic mass is 16.6. The first-order chi connectivity index (χ1) is 14.7. The second-order valence-electron chi connectivity index (χ2n) is 7.32. The Labute approximate surface area is 176 Å². The third-order valence-corrected chi connectivity index (χ3v) is 5.12. The second kappa shape index (κ2) is 9.50. The molecule has 0 aliphatic carbocycles. The zero-order chi connectivity index (χ0) is 20.8. The Balaban J connectivity index is 1.40. The summed E-state index contributed by atoms with van der Waals surface area (Å²) in [5, 5.41) is 3.33. The molecule has 0 fully saturated rings. The molecule has 6 heteroatoms. The lowest BCUT2D eigenvalue weighted by Gasteiger charge is -2.24. The van der Waals surface area contributed by atoms with Crippen molar-refractivity contribution in [1.29, 1.82) is 0 Å². The van der Waals surface area contributed by atoms with Crippen molar-refractivity contribution in [2.45, 2.75) is 26.1 Å². The van der Waals surface area contributed by atoms with E-state index in [1.54, 1.807) is 11.2 Å². The van der Waals surface area contributed by atoms with Gasteiger partial charge in [0, 0.05) is 12.6 Å². The Morgan fingerprint density at radius 1 is 1.00 bits per heavy atom. The fourth-order valence-electron chi connectivity index (χ4n) is 3.43. The van der Waals surface area contributed by atoms with Gasteiger partial charge in [-0.3, -0.25) is 4.79 Å². The zero-order valence-corrected chi connectivity index (χ0v) is 17.0. The maximum absolute atomic E-state index is 13.0. The molecule has 1 aromatic heterocycles. The number of benzene rings is 2. The average Bonchev–Trinajstić information content (AvgIpc) is 3.30. The fourth-order valence-corrected chi connectivity index (χ4v) is 3.43. The van der Waals surface area contributed by atoms with Gasteiger partial charge in [-0.15, -0.1) is 0 Å². The summed E-state index contributed by atoms with van der Waals surface area (Å²) in [5.41, 5.74) is 2.13. The van der Waals surface area contributed by atoms with E-state index in [1.807, 2.05) is 67.6 Å². The fraction of sp³-hybridized carbons (Fsp3) is 0.292. The van der Waals surface area contributed by atoms with Crippen molar-refractivity contribution in [3.05, 3.63) is 83.8 Å². The number of amides is 1. The van der Waals surface area contributed by atoms with E-state index in [0.717, 1.165) is 28.4 Å². The van der Waals surface area contributed by atoms with Gasteiger partial charge in [-0.25, -0.2) is 0 Å². The molecule has 1 aliphatic heterocycles. The lowest BCUT2D eigenvalue weighted by molar-refractivity contribution is -0.131. The molecule has 1 amide bonds. The van der Waals surface area contributed by atoms with Crippen molar-refractivity contribution < 1.29 is 18.7 Å². The molecule has 1 aliphatic rings. The molecule has 3 aromatic rings. The summed E-state index contributed by atoms with van der Waals surface area (Å²) < 4.78 is 16.7. The van der Waals surface area contributed by atoms with Gasteiger partial charge in [-0.05, 0) is 42.3 Å². The number of fused-ring (bicyclic) bond motifs is 1. The van der Waals surface area contributed by atoms with E-state index in [2.05, 4.69) is 5.32 Å². The summed E-state index contributed by atoms with van der Waals surface area (Å²) in [4.78, 5) is 14.8. The van der Waals surface area contributed by atoms with Crippen LogP contribution in [0.15, 0.2) is 71.3 Å². The van der Waals surface area contributed by atoms with Gasteiger partial charge >= 0.3 is 0 Å². The Morgan fingerprint density at radius 3 is 2.57 bits per heavy atom. The van der Waals surface area contributed by atoms with Gasteiger partial charge < -0.3 is 24.1 Å². The smallest absolute Gasteiger partial charge is 0.237 e. The highest BCUT2D eigenvalue weighted by molar-refractivity contribution is 5.78. The molecular weight excluding hydrogens is 380 g/mol. The van der Waals surface area contributed by atoms with Crippen LogP contribution < -0.4 is 14.8 Å². The number of furan rings is 1. The van der Waals surface area contributed by atoms with Crippen LogP contribution in [0.4, 0.5) is 0 Å². The van der Waals surface area contributed by atoms with E-state index in [-0.39, 0.29) is 18.5 Å². The first kappa shape index (κ1) is 20.0. The molecule has 30 heavy (non-hydrogen) atoms. The third-order valence-electron chi connectivity index (χ3n) is 5.12. The molecule has 0 radical (unpaired) electrons. The molecule has 2 aromatic carbocycles. The van der Waals surface area contributed by atoms with Crippen LogP contribution in [0.3, 0.4) is 0 Å². The van der Waals surface area contributed by atoms with E-state index < -0.39 is 0 Å². The third kappa shape index (κ3) is 5.02. The molecule has 0 saturated heterocycles. The van der Waals surface area contributed by atoms with Gasteiger partial charge in [0.25, 0.3) is 0 Å². The molecule has 1 N–H and O–H groups in total. The molecule has 1 atom stereocenters. The molecule has 4 rings (SSSR count). The molecule has 0 spiro atoms. The predicted molar refractivity (Wildman–Crippen MR) is 113 cm³/mol. The van der Waals surface area contributed by atoms with Crippen LogP contribution in [-0.4, -0.2) is 30.6 Å². The minimum atomic E-state index is -0.00744. The van der Waals surface area contributed by atoms with Gasteiger partial charge in [-0.2, -0.15) is 0 Å². The highest BCUT2D eigenvalue weighted by Gasteiger charge is 2.18. The number of hydrogen-bond acceptors (Lipinski definition) is 5. The lowest BCUT2D eigenvalue weighted by atomic mass is 10.1. The molecule has 0 saturated carbocycles. The minimum Gasteiger partial charge on any atom is -0.486 e. The quantitative estimate of drug-likeness (QED) is 0.614. The normalized spacial score (nSPS) is 13.6. The lowest BCUT2D eigenvalue weighted by Crippen LogP contribution is -2.38. The number of nitrogens with one attached hydrogen (secondary N) is 1. The molecular formula is C24H26N2O4. The van der Waals surface area contributed by atoms with Crippen LogP contribution in [0.25, 0.3) is 0 Å². The summed E-state index contributed by atoms with van der Waals surface area (Å²) in [6.45, 7) is 4.34. The van der Waals surface area contributed by atoms with Crippen molar-refractivity contribution in [2.75, 3.05) is 19.8 Å². The van der Waals surface area contributed by atoms with E-state index >= 15 is 0 Å². The van der Waals surface area contributed by atoms with Crippen LogP contribution in [0.2, 0.25) is 0 Å². The van der Waals surface area contributed by atoms with E-state index in [0.29, 0.717) is 26.3 Å². The molecule has 1 unspecified atom stereocenters. The first-order valence-electron chi connectivity index (χ1n) is 10.2. The monoisotopic (exact) mass is 406 g/mol. The molecule has 6 nitrogen and oxygen atoms in total. The maximum atomic E-state index is 13.0. The van der Waals surface area contributed by atoms with E-state index in [1.165, 1.54) is 0 Å². The Kier molecular flexibility index (Phi) is 6.35. The SMILES string of the molecule is CC(NCC(=O)N(Cc1ccccc1)Cc1ccco1)c1ccc2c(c1)OCCO2. The number of carbonyl (C=O) groups excluding carboxylic acids is 1. The van der Waals surface area contributed by atoms with Crippen LogP contribution >= 0.6 is 0 Å². The topological polar surface area (TPSA) is 63.9 Å². The zero-order valence-electron chi connectivity index (χ0n) is 17.0. The first-order valence-corrected chi connectivity index (χ1v) is 10.2. The molecule has 2 heterocycles. The maximum Gasteiger partial charge on any atom is 0.237 e. The Bertz CT molecular complexity index is 957. The van der Waals surface area contributed by atoms with E-state index in [9.17, 15) is 4.79 Å². The number of nitrogens with zero attached hydrogens (tertiary/aromatic N) is 1. The van der Waals surface area contributed by atoms with Gasteiger partial charge in [0.1, 0.15) is 19.0 Å². The van der Waals surface area contributed by atoms with Crippen molar-refractivity contribution >= 4 is 5.91 Å². The summed E-state index contributed by atoms with van der Waals surface area (Å²) in [5.74, 6) is 2.29. The number of carbonyl (C=O) groups is 1. The van der Waals surface area contributed by atoms with Gasteiger partial charge in [0.05, 0.1) is 19.4 Å². The van der Waals surface area contributed by atoms with Crippen LogP contribution in [0.5, 0.6) is 11.5 Å². The summed E-state index contributed by atoms with van der Waals surface area (Å²) in [6.07, 6.45) is 1.63. The Hall–Kier alpha value is -3.25. The van der Waals surface area contributed by atoms with Crippen LogP contribution in [0.1, 0.15) is 29.9 Å². The van der Waals surface area contributed by atoms with Crippen molar-refractivity contribution in [2.24, 2.45) is 0 Å². The number of hydrogen-bond donors (Lipinski definition) is 1. The van der Waals surface area contributed by atoms with Crippen molar-refractivity contribution in [1.82, 2.24) is 10.2 Å². The summed E-state index contributed by atoms with van der Waals surface area (Å²) in [6, 6.07) is 19.6. The van der Waals surface area contributed by atoms with Crippen LogP contribution in [-0.2, 0) is 17.9 Å². The predicted octanol–water partition coefficient (Wildman–Crippen LogP) is 3.93. The minimum absolute atomic E-state index is 0.00744. The van der Waals surface area contributed by atoms with E-state index in [4.69, 9.17) is 13.9 Å². The standard InChI is InChI=1S/C24H26N2O4/c1-18(20-9-10-22-23(14-20)30-13-12-29-22)25-15-24(27)26(17-21-8-5-11-28-21)16-19-6-3-2-4-7-19/h2-11,14,18,25H,12-13,15-17H2,1H3. The molecule has 156 valence electrons.